The van der Waals surface area contributed by atoms with Gasteiger partial charge in [0.25, 0.3) is 5.91 Å². The van der Waals surface area contributed by atoms with Gasteiger partial charge in [-0.15, -0.1) is 0 Å². The van der Waals surface area contributed by atoms with Crippen molar-refractivity contribution in [2.75, 3.05) is 19.0 Å². The Morgan fingerprint density at radius 1 is 1.24 bits per heavy atom. The van der Waals surface area contributed by atoms with E-state index in [4.69, 9.17) is 10.5 Å². The summed E-state index contributed by atoms with van der Waals surface area (Å²) in [4.78, 5) is 21.8. The van der Waals surface area contributed by atoms with E-state index in [9.17, 15) is 4.79 Å². The molecule has 3 aromatic rings. The maximum Gasteiger partial charge on any atom is 0.252 e. The average Bonchev–Trinajstić information content (AvgIpc) is 3.25. The highest BCUT2D eigenvalue weighted by atomic mass is 16.5. The van der Waals surface area contributed by atoms with Gasteiger partial charge in [0.05, 0.1) is 11.1 Å². The molecule has 0 spiro atoms. The number of hydrogen-bond donors (Lipinski definition) is 3. The third-order valence-corrected chi connectivity index (χ3v) is 5.10. The summed E-state index contributed by atoms with van der Waals surface area (Å²) in [6.45, 7) is 10.00. The van der Waals surface area contributed by atoms with Crippen LogP contribution in [0.25, 0.3) is 11.5 Å². The predicted octanol–water partition coefficient (Wildman–Crippen LogP) is 3.78. The van der Waals surface area contributed by atoms with Crippen LogP contribution in [0.5, 0.6) is 5.75 Å². The maximum atomic E-state index is 13.0. The largest absolute Gasteiger partial charge is 0.490 e. The van der Waals surface area contributed by atoms with Crippen LogP contribution in [-0.2, 0) is 6.42 Å². The Hall–Kier alpha value is -3.81. The van der Waals surface area contributed by atoms with Crippen LogP contribution in [-0.4, -0.2) is 39.6 Å². The first-order chi connectivity index (χ1) is 15.8. The maximum absolute atomic E-state index is 13.0. The highest BCUT2D eigenvalue weighted by Crippen LogP contribution is 2.30. The normalized spacial score (nSPS) is 11.2. The van der Waals surface area contributed by atoms with Gasteiger partial charge in [-0.25, -0.2) is 9.97 Å². The number of anilines is 1. The van der Waals surface area contributed by atoms with Crippen LogP contribution in [0.4, 0.5) is 5.69 Å². The monoisotopic (exact) mass is 448 g/mol. The second kappa shape index (κ2) is 10.2. The van der Waals surface area contributed by atoms with Crippen molar-refractivity contribution in [3.05, 3.63) is 72.5 Å². The van der Waals surface area contributed by atoms with Crippen molar-refractivity contribution in [3.8, 4) is 11.6 Å². The molecule has 1 amide bonds. The first-order valence-electron chi connectivity index (χ1n) is 10.9. The van der Waals surface area contributed by atoms with Gasteiger partial charge in [-0.05, 0) is 44.5 Å². The van der Waals surface area contributed by atoms with Crippen LogP contribution < -0.4 is 21.1 Å². The average molecular weight is 449 g/mol. The quantitative estimate of drug-likeness (QED) is 0.436. The van der Waals surface area contributed by atoms with Crippen molar-refractivity contribution in [2.45, 2.75) is 39.2 Å². The van der Waals surface area contributed by atoms with E-state index in [1.54, 1.807) is 24.5 Å². The molecule has 0 saturated heterocycles. The van der Waals surface area contributed by atoms with Crippen molar-refractivity contribution in [2.24, 2.45) is 5.73 Å². The second-order valence-corrected chi connectivity index (χ2v) is 8.45. The lowest BCUT2D eigenvalue weighted by Gasteiger charge is -2.27. The Morgan fingerprint density at radius 2 is 2.03 bits per heavy atom. The number of carbonyl (C=O) groups excluding carboxylic acids is 1. The minimum absolute atomic E-state index is 0.211. The smallest absolute Gasteiger partial charge is 0.252 e. The molecule has 0 fully saturated rings. The molecule has 1 aromatic carbocycles. The predicted molar refractivity (Wildman–Crippen MR) is 132 cm³/mol. The van der Waals surface area contributed by atoms with Gasteiger partial charge in [-0.3, -0.25) is 9.36 Å². The summed E-state index contributed by atoms with van der Waals surface area (Å²) in [6, 6.07) is 9.07. The second-order valence-electron chi connectivity index (χ2n) is 8.45. The molecule has 3 rings (SSSR count). The number of nitrogens with one attached hydrogen (secondary N) is 2. The molecule has 2 aromatic heterocycles. The summed E-state index contributed by atoms with van der Waals surface area (Å²) < 4.78 is 7.95. The first-order valence-corrected chi connectivity index (χ1v) is 10.9. The Kier molecular flexibility index (Phi) is 7.37. The van der Waals surface area contributed by atoms with E-state index in [2.05, 4.69) is 34.1 Å². The zero-order valence-electron chi connectivity index (χ0n) is 19.7. The number of carbonyl (C=O) groups is 1. The van der Waals surface area contributed by atoms with Crippen molar-refractivity contribution >= 4 is 17.3 Å². The van der Waals surface area contributed by atoms with Gasteiger partial charge in [0.15, 0.2) is 0 Å². The Balaban J connectivity index is 1.73. The fourth-order valence-corrected chi connectivity index (χ4v) is 3.51. The number of amides is 1. The molecule has 4 N–H and O–H groups in total. The molecule has 0 saturated carbocycles. The number of pyridine rings is 1. The molecule has 0 aliphatic rings. The van der Waals surface area contributed by atoms with E-state index in [-0.39, 0.29) is 12.5 Å². The number of hydrogen-bond acceptors (Lipinski definition) is 6. The van der Waals surface area contributed by atoms with Crippen molar-refractivity contribution in [3.63, 3.8) is 0 Å². The molecule has 174 valence electrons. The molecule has 8 heteroatoms. The Morgan fingerprint density at radius 3 is 2.73 bits per heavy atom. The van der Waals surface area contributed by atoms with Crippen molar-refractivity contribution in [1.82, 2.24) is 19.9 Å². The van der Waals surface area contributed by atoms with Gasteiger partial charge in [0.1, 0.15) is 24.0 Å². The topological polar surface area (TPSA) is 107 Å². The summed E-state index contributed by atoms with van der Waals surface area (Å²) in [5, 5.41) is 6.14. The number of rotatable bonds is 10. The van der Waals surface area contributed by atoms with Crippen molar-refractivity contribution < 1.29 is 9.53 Å². The van der Waals surface area contributed by atoms with Crippen LogP contribution >= 0.6 is 0 Å². The van der Waals surface area contributed by atoms with Crippen molar-refractivity contribution in [1.29, 1.82) is 0 Å². The lowest BCUT2D eigenvalue weighted by Crippen LogP contribution is -2.48. The molecule has 0 atom stereocenters. The van der Waals surface area contributed by atoms with Crippen LogP contribution in [0.1, 0.15) is 48.9 Å². The lowest BCUT2D eigenvalue weighted by atomic mass is 10.1. The lowest BCUT2D eigenvalue weighted by molar-refractivity contribution is 0.0880. The van der Waals surface area contributed by atoms with E-state index in [1.807, 2.05) is 49.9 Å². The summed E-state index contributed by atoms with van der Waals surface area (Å²) >= 11 is 0. The summed E-state index contributed by atoms with van der Waals surface area (Å²) in [5.41, 5.74) is 7.78. The molecule has 0 aliphatic heterocycles. The van der Waals surface area contributed by atoms with Crippen LogP contribution in [0, 0.1) is 0 Å². The molecule has 0 radical (unpaired) electrons. The molecule has 0 unspecified atom stereocenters. The number of nitrogens with two attached hydrogens (primary N) is 1. The number of nitrogens with zero attached hydrogens (tertiary/aromatic N) is 3. The Bertz CT molecular complexity index is 1140. The molecule has 2 heterocycles. The number of imidazole rings is 1. The van der Waals surface area contributed by atoms with E-state index in [1.165, 1.54) is 0 Å². The van der Waals surface area contributed by atoms with Gasteiger partial charge in [0.2, 0.25) is 0 Å². The zero-order chi connectivity index (χ0) is 24.0. The highest BCUT2D eigenvalue weighted by Gasteiger charge is 2.24. The minimum Gasteiger partial charge on any atom is -0.490 e. The zero-order valence-corrected chi connectivity index (χ0v) is 19.7. The third-order valence-electron chi connectivity index (χ3n) is 5.10. The SMILES string of the molecule is C=C(N)c1c(NC)cccc1OCC(C)(C)NC(=O)c1ccnc(-n2ccnc2CCC)c1. The van der Waals surface area contributed by atoms with E-state index >= 15 is 0 Å². The standard InChI is InChI=1S/C25H32N6O2/c1-6-8-21-29-13-14-31(21)22-15-18(11-12-28-22)24(32)30-25(3,4)16-33-20-10-7-9-19(27-5)23(20)17(2)26/h7,9-15,27H,2,6,8,16,26H2,1,3-5H3,(H,30,32). The van der Waals surface area contributed by atoms with Crippen LogP contribution in [0.3, 0.4) is 0 Å². The number of ether oxygens (including phenoxy) is 1. The van der Waals surface area contributed by atoms with Gasteiger partial charge < -0.3 is 21.1 Å². The van der Waals surface area contributed by atoms with E-state index in [0.717, 1.165) is 24.4 Å². The fourth-order valence-electron chi connectivity index (χ4n) is 3.51. The fraction of sp³-hybridized carbons (Fsp3) is 0.320. The van der Waals surface area contributed by atoms with Crippen LogP contribution in [0.15, 0.2) is 55.5 Å². The summed E-state index contributed by atoms with van der Waals surface area (Å²) in [5.74, 6) is 1.97. The number of aromatic nitrogens is 3. The van der Waals surface area contributed by atoms with Gasteiger partial charge in [-0.2, -0.15) is 0 Å². The van der Waals surface area contributed by atoms with Gasteiger partial charge in [-0.1, -0.05) is 19.6 Å². The van der Waals surface area contributed by atoms with E-state index < -0.39 is 5.54 Å². The van der Waals surface area contributed by atoms with E-state index in [0.29, 0.717) is 28.4 Å². The number of aryl methyl sites for hydroxylation is 1. The van der Waals surface area contributed by atoms with Gasteiger partial charge in [0, 0.05) is 49.0 Å². The molecule has 0 aliphatic carbocycles. The molecular weight excluding hydrogens is 416 g/mol. The number of benzene rings is 1. The third kappa shape index (κ3) is 5.71. The minimum atomic E-state index is -0.647. The molecule has 8 nitrogen and oxygen atoms in total. The Labute approximate surface area is 194 Å². The molecule has 33 heavy (non-hydrogen) atoms. The van der Waals surface area contributed by atoms with Crippen LogP contribution in [0.2, 0.25) is 0 Å². The highest BCUT2D eigenvalue weighted by molar-refractivity contribution is 5.95. The molecule has 0 bridgehead atoms. The summed E-state index contributed by atoms with van der Waals surface area (Å²) in [7, 11) is 1.81. The first kappa shape index (κ1) is 23.8. The summed E-state index contributed by atoms with van der Waals surface area (Å²) in [6.07, 6.45) is 7.04. The molecular formula is C25H32N6O2. The van der Waals surface area contributed by atoms with Gasteiger partial charge >= 0.3 is 0 Å².